The van der Waals surface area contributed by atoms with E-state index in [4.69, 9.17) is 11.6 Å². The van der Waals surface area contributed by atoms with Crippen LogP contribution in [-0.2, 0) is 16.1 Å². The molecule has 1 heterocycles. The largest absolute Gasteiger partial charge is 0.350 e. The Hall–Kier alpha value is -1.62. The maximum Gasteiger partial charge on any atom is 0.243 e. The Bertz CT molecular complexity index is 550. The van der Waals surface area contributed by atoms with E-state index in [1.165, 1.54) is 12.1 Å². The molecule has 2 amide bonds. The van der Waals surface area contributed by atoms with Crippen molar-refractivity contribution in [3.8, 4) is 0 Å². The molecular formula is C15H18ClFN2O2. The first-order chi connectivity index (χ1) is 10.0. The van der Waals surface area contributed by atoms with Crippen molar-refractivity contribution in [2.45, 2.75) is 38.8 Å². The number of carbonyl (C=O) groups excluding carboxylic acids is 2. The average Bonchev–Trinajstić information content (AvgIpc) is 2.45. The van der Waals surface area contributed by atoms with Crippen LogP contribution in [0.15, 0.2) is 18.2 Å². The highest BCUT2D eigenvalue weighted by atomic mass is 35.5. The SMILES string of the molecule is CCN1C(=O)CCCC1C(=O)NCc1ccc(F)cc1Cl. The lowest BCUT2D eigenvalue weighted by atomic mass is 10.0. The van der Waals surface area contributed by atoms with Crippen LogP contribution in [0.3, 0.4) is 0 Å². The van der Waals surface area contributed by atoms with Gasteiger partial charge in [-0.25, -0.2) is 4.39 Å². The third-order valence-corrected chi connectivity index (χ3v) is 4.03. The molecule has 2 rings (SSSR count). The normalized spacial score (nSPS) is 18.7. The van der Waals surface area contributed by atoms with Gasteiger partial charge in [0.2, 0.25) is 11.8 Å². The van der Waals surface area contributed by atoms with Crippen molar-refractivity contribution in [1.29, 1.82) is 0 Å². The zero-order chi connectivity index (χ0) is 15.4. The molecule has 1 aromatic rings. The molecule has 1 unspecified atom stereocenters. The van der Waals surface area contributed by atoms with Crippen LogP contribution in [0.1, 0.15) is 31.7 Å². The second kappa shape index (κ2) is 6.89. The number of piperidine rings is 1. The van der Waals surface area contributed by atoms with Gasteiger partial charge in [-0.05, 0) is 37.5 Å². The lowest BCUT2D eigenvalue weighted by Gasteiger charge is -2.33. The summed E-state index contributed by atoms with van der Waals surface area (Å²) in [6.45, 7) is 2.61. The Morgan fingerprint density at radius 2 is 2.29 bits per heavy atom. The zero-order valence-corrected chi connectivity index (χ0v) is 12.6. The lowest BCUT2D eigenvalue weighted by Crippen LogP contribution is -2.51. The zero-order valence-electron chi connectivity index (χ0n) is 11.9. The van der Waals surface area contributed by atoms with E-state index in [1.54, 1.807) is 11.0 Å². The molecule has 4 nitrogen and oxygen atoms in total. The molecule has 1 aromatic carbocycles. The van der Waals surface area contributed by atoms with Crippen molar-refractivity contribution in [2.75, 3.05) is 6.54 Å². The quantitative estimate of drug-likeness (QED) is 0.928. The molecule has 1 fully saturated rings. The summed E-state index contributed by atoms with van der Waals surface area (Å²) >= 11 is 5.92. The van der Waals surface area contributed by atoms with Gasteiger partial charge in [0.1, 0.15) is 11.9 Å². The van der Waals surface area contributed by atoms with E-state index in [1.807, 2.05) is 6.92 Å². The van der Waals surface area contributed by atoms with Crippen molar-refractivity contribution in [1.82, 2.24) is 10.2 Å². The summed E-state index contributed by atoms with van der Waals surface area (Å²) in [6.07, 6.45) is 1.90. The molecule has 1 atom stereocenters. The van der Waals surface area contributed by atoms with Gasteiger partial charge < -0.3 is 10.2 Å². The molecule has 0 spiro atoms. The lowest BCUT2D eigenvalue weighted by molar-refractivity contribution is -0.143. The molecule has 114 valence electrons. The number of amides is 2. The number of rotatable bonds is 4. The highest BCUT2D eigenvalue weighted by molar-refractivity contribution is 6.31. The van der Waals surface area contributed by atoms with Crippen LogP contribution < -0.4 is 5.32 Å². The second-order valence-electron chi connectivity index (χ2n) is 5.04. The summed E-state index contributed by atoms with van der Waals surface area (Å²) in [4.78, 5) is 25.6. The Morgan fingerprint density at radius 1 is 1.52 bits per heavy atom. The van der Waals surface area contributed by atoms with E-state index in [0.29, 0.717) is 24.9 Å². The molecular weight excluding hydrogens is 295 g/mol. The summed E-state index contributed by atoms with van der Waals surface area (Å²) in [6, 6.07) is 3.64. The molecule has 0 saturated carbocycles. The van der Waals surface area contributed by atoms with Crippen LogP contribution in [0.5, 0.6) is 0 Å². The highest BCUT2D eigenvalue weighted by Crippen LogP contribution is 2.19. The van der Waals surface area contributed by atoms with E-state index in [-0.39, 0.29) is 23.4 Å². The predicted molar refractivity (Wildman–Crippen MR) is 78.3 cm³/mol. The fourth-order valence-corrected chi connectivity index (χ4v) is 2.79. The fourth-order valence-electron chi connectivity index (χ4n) is 2.55. The summed E-state index contributed by atoms with van der Waals surface area (Å²) < 4.78 is 13.0. The summed E-state index contributed by atoms with van der Waals surface area (Å²) in [5.74, 6) is -0.584. The molecule has 0 bridgehead atoms. The van der Waals surface area contributed by atoms with Crippen LogP contribution in [0.25, 0.3) is 0 Å². The van der Waals surface area contributed by atoms with Gasteiger partial charge in [-0.15, -0.1) is 0 Å². The van der Waals surface area contributed by atoms with Crippen LogP contribution in [0, 0.1) is 5.82 Å². The van der Waals surface area contributed by atoms with Crippen LogP contribution in [0.2, 0.25) is 5.02 Å². The molecule has 1 aliphatic rings. The van der Waals surface area contributed by atoms with E-state index >= 15 is 0 Å². The van der Waals surface area contributed by atoms with Crippen LogP contribution in [-0.4, -0.2) is 29.3 Å². The third kappa shape index (κ3) is 3.73. The maximum atomic E-state index is 13.0. The van der Waals surface area contributed by atoms with Crippen LogP contribution >= 0.6 is 11.6 Å². The van der Waals surface area contributed by atoms with Gasteiger partial charge in [0.25, 0.3) is 0 Å². The number of nitrogens with zero attached hydrogens (tertiary/aromatic N) is 1. The van der Waals surface area contributed by atoms with Crippen LogP contribution in [0.4, 0.5) is 4.39 Å². The number of halogens is 2. The first kappa shape index (κ1) is 15.8. The minimum atomic E-state index is -0.421. The number of likely N-dealkylation sites (tertiary alicyclic amines) is 1. The first-order valence-corrected chi connectivity index (χ1v) is 7.41. The van der Waals surface area contributed by atoms with E-state index in [0.717, 1.165) is 6.42 Å². The smallest absolute Gasteiger partial charge is 0.243 e. The average molecular weight is 313 g/mol. The molecule has 1 saturated heterocycles. The maximum absolute atomic E-state index is 13.0. The molecule has 0 aliphatic carbocycles. The number of carbonyl (C=O) groups is 2. The number of nitrogens with one attached hydrogen (secondary N) is 1. The minimum absolute atomic E-state index is 0.0173. The van der Waals surface area contributed by atoms with E-state index < -0.39 is 11.9 Å². The Morgan fingerprint density at radius 3 is 2.95 bits per heavy atom. The van der Waals surface area contributed by atoms with Crippen molar-refractivity contribution in [2.24, 2.45) is 0 Å². The molecule has 21 heavy (non-hydrogen) atoms. The minimum Gasteiger partial charge on any atom is -0.350 e. The van der Waals surface area contributed by atoms with Crippen molar-refractivity contribution >= 4 is 23.4 Å². The topological polar surface area (TPSA) is 49.4 Å². The van der Waals surface area contributed by atoms with Crippen molar-refractivity contribution in [3.63, 3.8) is 0 Å². The molecule has 0 aromatic heterocycles. The number of benzene rings is 1. The van der Waals surface area contributed by atoms with Gasteiger partial charge in [-0.1, -0.05) is 17.7 Å². The van der Waals surface area contributed by atoms with Gasteiger partial charge in [0, 0.05) is 24.5 Å². The number of likely N-dealkylation sites (N-methyl/N-ethyl adjacent to an activating group) is 1. The van der Waals surface area contributed by atoms with E-state index in [2.05, 4.69) is 5.32 Å². The van der Waals surface area contributed by atoms with Gasteiger partial charge in [-0.2, -0.15) is 0 Å². The Kier molecular flexibility index (Phi) is 5.17. The van der Waals surface area contributed by atoms with Gasteiger partial charge in [0.05, 0.1) is 0 Å². The standard InChI is InChI=1S/C15H18ClFN2O2/c1-2-19-13(4-3-5-14(19)20)15(21)18-9-10-6-7-11(17)8-12(10)16/h6-8,13H,2-5,9H2,1H3,(H,18,21). The number of hydrogen-bond donors (Lipinski definition) is 1. The molecule has 0 radical (unpaired) electrons. The number of hydrogen-bond acceptors (Lipinski definition) is 2. The Labute approximate surface area is 128 Å². The highest BCUT2D eigenvalue weighted by Gasteiger charge is 2.31. The van der Waals surface area contributed by atoms with E-state index in [9.17, 15) is 14.0 Å². The fraction of sp³-hybridized carbons (Fsp3) is 0.467. The molecule has 1 N–H and O–H groups in total. The summed E-state index contributed by atoms with van der Waals surface area (Å²) in [5, 5.41) is 3.05. The van der Waals surface area contributed by atoms with Crippen molar-refractivity contribution < 1.29 is 14.0 Å². The first-order valence-electron chi connectivity index (χ1n) is 7.04. The second-order valence-corrected chi connectivity index (χ2v) is 5.45. The summed E-state index contributed by atoms with van der Waals surface area (Å²) in [5.41, 5.74) is 0.650. The molecule has 6 heteroatoms. The molecule has 1 aliphatic heterocycles. The predicted octanol–water partition coefficient (Wildman–Crippen LogP) is 2.50. The van der Waals surface area contributed by atoms with Gasteiger partial charge in [0.15, 0.2) is 0 Å². The van der Waals surface area contributed by atoms with Gasteiger partial charge in [-0.3, -0.25) is 9.59 Å². The Balaban J connectivity index is 1.99. The third-order valence-electron chi connectivity index (χ3n) is 3.68. The summed E-state index contributed by atoms with van der Waals surface area (Å²) in [7, 11) is 0. The van der Waals surface area contributed by atoms with Gasteiger partial charge >= 0.3 is 0 Å². The monoisotopic (exact) mass is 312 g/mol. The van der Waals surface area contributed by atoms with Crippen molar-refractivity contribution in [3.05, 3.63) is 34.6 Å².